The average molecular weight is 578 g/mol. The van der Waals surface area contributed by atoms with Crippen molar-refractivity contribution >= 4 is 57.0 Å². The van der Waals surface area contributed by atoms with E-state index >= 15 is 0 Å². The third-order valence-corrected chi connectivity index (χ3v) is 12.0. The fraction of sp³-hybridized carbons (Fsp3) is 0.226. The van der Waals surface area contributed by atoms with Crippen LogP contribution in [0.4, 0.5) is 0 Å². The lowest BCUT2D eigenvalue weighted by molar-refractivity contribution is -0.151. The van der Waals surface area contributed by atoms with E-state index < -0.39 is 36.2 Å². The fourth-order valence-corrected chi connectivity index (χ4v) is 10.6. The van der Waals surface area contributed by atoms with Gasteiger partial charge in [-0.2, -0.15) is 0 Å². The highest BCUT2D eigenvalue weighted by molar-refractivity contribution is 8.14. The molecule has 4 rings (SSSR count). The summed E-state index contributed by atoms with van der Waals surface area (Å²) >= 11 is 0.881. The van der Waals surface area contributed by atoms with Gasteiger partial charge >= 0.3 is 5.97 Å². The Bertz CT molecular complexity index is 1310. The molecular formula is C31H32NO6PS. The maximum atomic E-state index is 14.2. The first-order valence-corrected chi connectivity index (χ1v) is 15.5. The van der Waals surface area contributed by atoms with Crippen LogP contribution in [0, 0.1) is 5.92 Å². The Balaban J connectivity index is 2.16. The second-order valence-corrected chi connectivity index (χ2v) is 13.7. The molecule has 0 saturated carbocycles. The fourth-order valence-electron chi connectivity index (χ4n) is 4.93. The number of aliphatic hydroxyl groups excluding tert-OH is 1. The Hall–Kier alpha value is -3.42. The quantitative estimate of drug-likeness (QED) is 0.162. The number of β-lactam (4-membered cyclic amide) rings is 1. The number of amides is 1. The number of ether oxygens (including phenoxy) is 2. The summed E-state index contributed by atoms with van der Waals surface area (Å²) in [4.78, 5) is 42.3. The summed E-state index contributed by atoms with van der Waals surface area (Å²) < 4.78 is 10.7. The summed E-state index contributed by atoms with van der Waals surface area (Å²) in [6.45, 7) is 1.85. The van der Waals surface area contributed by atoms with Crippen molar-refractivity contribution in [1.82, 2.24) is 4.90 Å². The van der Waals surface area contributed by atoms with Crippen molar-refractivity contribution in [3.63, 3.8) is 0 Å². The predicted octanol–water partition coefficient (Wildman–Crippen LogP) is 2.91. The van der Waals surface area contributed by atoms with Gasteiger partial charge in [-0.3, -0.25) is 14.5 Å². The number of likely N-dealkylation sites (tertiary alicyclic amines) is 1. The molecular weight excluding hydrogens is 545 g/mol. The van der Waals surface area contributed by atoms with Crippen LogP contribution in [0.1, 0.15) is 6.92 Å². The van der Waals surface area contributed by atoms with Gasteiger partial charge in [0.2, 0.25) is 11.0 Å². The molecule has 3 aromatic rings. The third-order valence-electron chi connectivity index (χ3n) is 6.61. The number of nitrogens with zero attached hydrogens (tertiary/aromatic N) is 1. The van der Waals surface area contributed by atoms with Crippen molar-refractivity contribution in [2.75, 3.05) is 20.3 Å². The standard InChI is InChI=1S/C31H32NO6PS/c1-4-20-38-31(36)29(32-28(35)27(22(2)33)30(32)40-26(34)21-37-3)39(23-14-8-5-9-15-23,24-16-10-6-11-17-24)25-18-12-7-13-19-25/h4-19,22,27,30,33H,1,20-21H2,2-3H3/t22-,27+,30-/m1/s1. The van der Waals surface area contributed by atoms with Crippen molar-refractivity contribution in [2.24, 2.45) is 5.92 Å². The van der Waals surface area contributed by atoms with Crippen LogP contribution in [0.2, 0.25) is 0 Å². The summed E-state index contributed by atoms with van der Waals surface area (Å²) in [5.41, 5.74) is 0.141. The first kappa shape index (κ1) is 29.6. The molecule has 0 bridgehead atoms. The molecule has 1 aliphatic heterocycles. The van der Waals surface area contributed by atoms with Crippen LogP contribution in [0.3, 0.4) is 0 Å². The van der Waals surface area contributed by atoms with Crippen molar-refractivity contribution in [3.8, 4) is 0 Å². The second kappa shape index (κ2) is 13.3. The molecule has 208 valence electrons. The van der Waals surface area contributed by atoms with Gasteiger partial charge in [0.1, 0.15) is 24.0 Å². The molecule has 0 radical (unpaired) electrons. The van der Waals surface area contributed by atoms with Crippen molar-refractivity contribution < 1.29 is 29.0 Å². The van der Waals surface area contributed by atoms with E-state index in [2.05, 4.69) is 6.58 Å². The molecule has 3 atom stereocenters. The van der Waals surface area contributed by atoms with Gasteiger partial charge in [0.25, 0.3) is 0 Å². The lowest BCUT2D eigenvalue weighted by Gasteiger charge is -2.50. The zero-order valence-corrected chi connectivity index (χ0v) is 24.1. The van der Waals surface area contributed by atoms with E-state index in [0.29, 0.717) is 0 Å². The number of hydrogen-bond donors (Lipinski definition) is 1. The molecule has 40 heavy (non-hydrogen) atoms. The molecule has 0 unspecified atom stereocenters. The van der Waals surface area contributed by atoms with Gasteiger partial charge in [0.15, 0.2) is 0 Å². The molecule has 0 aromatic heterocycles. The number of rotatable bonds is 11. The molecule has 0 spiro atoms. The number of aliphatic hydroxyl groups is 1. The van der Waals surface area contributed by atoms with Crippen molar-refractivity contribution in [3.05, 3.63) is 104 Å². The Morgan fingerprint density at radius 2 is 1.45 bits per heavy atom. The maximum absolute atomic E-state index is 14.2. The minimum atomic E-state index is -3.10. The molecule has 1 aliphatic rings. The second-order valence-electron chi connectivity index (χ2n) is 9.18. The average Bonchev–Trinajstić information content (AvgIpc) is 2.97. The Morgan fingerprint density at radius 1 is 0.975 bits per heavy atom. The Kier molecular flexibility index (Phi) is 9.82. The highest BCUT2D eigenvalue weighted by Crippen LogP contribution is 2.51. The van der Waals surface area contributed by atoms with Crippen molar-refractivity contribution in [1.29, 1.82) is 0 Å². The van der Waals surface area contributed by atoms with Gasteiger partial charge in [-0.1, -0.05) is 115 Å². The van der Waals surface area contributed by atoms with Gasteiger partial charge < -0.3 is 14.6 Å². The minimum absolute atomic E-state index is 0.0665. The highest BCUT2D eigenvalue weighted by atomic mass is 32.2. The number of carbonyl (C=O) groups excluding carboxylic acids is 3. The summed E-state index contributed by atoms with van der Waals surface area (Å²) in [5, 5.41) is 11.9. The Morgan fingerprint density at radius 3 is 1.85 bits per heavy atom. The SMILES string of the molecule is C=CCOC(=O)C(N1C(=O)[C@H]([C@@H](C)O)[C@H]1SC(=O)COC)=P(c1ccccc1)(c1ccccc1)c1ccccc1. The lowest BCUT2D eigenvalue weighted by atomic mass is 9.93. The predicted molar refractivity (Wildman–Crippen MR) is 162 cm³/mol. The number of thioether (sulfide) groups is 1. The molecule has 1 amide bonds. The summed E-state index contributed by atoms with van der Waals surface area (Å²) in [6.07, 6.45) is 0.425. The zero-order chi connectivity index (χ0) is 28.7. The van der Waals surface area contributed by atoms with Crippen LogP contribution in [-0.4, -0.2) is 64.2 Å². The van der Waals surface area contributed by atoms with E-state index in [4.69, 9.17) is 9.47 Å². The molecule has 1 fully saturated rings. The van der Waals surface area contributed by atoms with Crippen LogP contribution in [-0.2, 0) is 23.9 Å². The van der Waals surface area contributed by atoms with E-state index in [9.17, 15) is 19.5 Å². The molecule has 1 saturated heterocycles. The Labute approximate surface area is 238 Å². The first-order chi connectivity index (χ1) is 19.4. The number of hydrogen-bond acceptors (Lipinski definition) is 7. The van der Waals surface area contributed by atoms with E-state index in [1.165, 1.54) is 25.0 Å². The van der Waals surface area contributed by atoms with Gasteiger partial charge in [-0.25, -0.2) is 4.79 Å². The number of carbonyl (C=O) groups is 3. The largest absolute Gasteiger partial charge is 0.457 e. The first-order valence-electron chi connectivity index (χ1n) is 12.8. The van der Waals surface area contributed by atoms with Gasteiger partial charge in [0, 0.05) is 14.0 Å². The van der Waals surface area contributed by atoms with Gasteiger partial charge in [-0.05, 0) is 22.8 Å². The molecule has 1 heterocycles. The van der Waals surface area contributed by atoms with Gasteiger partial charge in [0.05, 0.1) is 12.0 Å². The topological polar surface area (TPSA) is 93.1 Å². The highest BCUT2D eigenvalue weighted by Gasteiger charge is 2.56. The zero-order valence-electron chi connectivity index (χ0n) is 22.4. The van der Waals surface area contributed by atoms with Crippen LogP contribution >= 0.6 is 18.6 Å². The number of benzene rings is 3. The summed E-state index contributed by atoms with van der Waals surface area (Å²) in [7, 11) is 1.41. The third kappa shape index (κ3) is 5.58. The van der Waals surface area contributed by atoms with E-state index in [1.54, 1.807) is 0 Å². The van der Waals surface area contributed by atoms with E-state index in [1.807, 2.05) is 91.0 Å². The molecule has 1 N–H and O–H groups in total. The summed E-state index contributed by atoms with van der Waals surface area (Å²) in [6, 6.07) is 28.7. The van der Waals surface area contributed by atoms with Crippen LogP contribution < -0.4 is 15.9 Å². The van der Waals surface area contributed by atoms with Crippen LogP contribution in [0.15, 0.2) is 104 Å². The van der Waals surface area contributed by atoms with E-state index in [-0.39, 0.29) is 23.7 Å². The molecule has 0 aliphatic carbocycles. The lowest BCUT2D eigenvalue weighted by Crippen LogP contribution is -2.67. The number of esters is 1. The minimum Gasteiger partial charge on any atom is -0.457 e. The maximum Gasteiger partial charge on any atom is 0.356 e. The normalized spacial score (nSPS) is 17.5. The van der Waals surface area contributed by atoms with Crippen LogP contribution in [0.5, 0.6) is 0 Å². The smallest absolute Gasteiger partial charge is 0.356 e. The van der Waals surface area contributed by atoms with E-state index in [0.717, 1.165) is 27.7 Å². The molecule has 3 aromatic carbocycles. The van der Waals surface area contributed by atoms with Crippen LogP contribution in [0.25, 0.3) is 0 Å². The monoisotopic (exact) mass is 577 g/mol. The van der Waals surface area contributed by atoms with Gasteiger partial charge in [-0.15, -0.1) is 0 Å². The molecule has 7 nitrogen and oxygen atoms in total. The number of methoxy groups -OCH3 is 1. The molecule has 9 heteroatoms. The summed E-state index contributed by atoms with van der Waals surface area (Å²) in [5.74, 6) is -2.03. The van der Waals surface area contributed by atoms with Crippen molar-refractivity contribution in [2.45, 2.75) is 18.4 Å².